The summed E-state index contributed by atoms with van der Waals surface area (Å²) in [5, 5.41) is 3.29. The molecular weight excluding hydrogens is 255 g/mol. The van der Waals surface area contributed by atoms with Gasteiger partial charge in [-0.25, -0.2) is 4.39 Å². The van der Waals surface area contributed by atoms with Crippen LogP contribution in [0.3, 0.4) is 0 Å². The largest absolute Gasteiger partial charge is 0.371 e. The summed E-state index contributed by atoms with van der Waals surface area (Å²) < 4.78 is 13.0. The fraction of sp³-hybridized carbons (Fsp3) is 0.562. The van der Waals surface area contributed by atoms with Gasteiger partial charge in [-0.1, -0.05) is 6.42 Å². The van der Waals surface area contributed by atoms with Crippen molar-refractivity contribution in [3.05, 3.63) is 30.1 Å². The molecule has 0 heterocycles. The molecule has 2 aliphatic carbocycles. The van der Waals surface area contributed by atoms with Crippen LogP contribution in [0, 0.1) is 17.7 Å². The normalized spacial score (nSPS) is 29.9. The Labute approximate surface area is 118 Å². The Morgan fingerprint density at radius 2 is 1.90 bits per heavy atom. The first-order valence-electron chi connectivity index (χ1n) is 7.43. The van der Waals surface area contributed by atoms with Crippen LogP contribution in [0.4, 0.5) is 10.1 Å². The lowest BCUT2D eigenvalue weighted by Crippen LogP contribution is -2.53. The number of anilines is 1. The summed E-state index contributed by atoms with van der Waals surface area (Å²) in [6, 6.07) is 6.14. The fourth-order valence-electron chi connectivity index (χ4n) is 3.50. The van der Waals surface area contributed by atoms with Crippen molar-refractivity contribution < 1.29 is 9.18 Å². The molecule has 3 nitrogen and oxygen atoms in total. The predicted molar refractivity (Wildman–Crippen MR) is 76.6 cm³/mol. The Morgan fingerprint density at radius 3 is 2.50 bits per heavy atom. The minimum absolute atomic E-state index is 0.275. The van der Waals surface area contributed by atoms with E-state index in [4.69, 9.17) is 5.73 Å². The van der Waals surface area contributed by atoms with Crippen molar-refractivity contribution in [3.8, 4) is 0 Å². The molecule has 0 radical (unpaired) electrons. The zero-order chi connectivity index (χ0) is 14.2. The van der Waals surface area contributed by atoms with E-state index in [1.807, 2.05) is 0 Å². The standard InChI is InChI=1S/C16H21FN2O/c17-13-5-7-14(8-6-13)19-16(15(18)20)9-1-2-12(10-16)11-3-4-11/h5-8,11-12,19H,1-4,9-10H2,(H2,18,20). The lowest BCUT2D eigenvalue weighted by molar-refractivity contribution is -0.124. The van der Waals surface area contributed by atoms with E-state index < -0.39 is 5.54 Å². The number of rotatable bonds is 4. The quantitative estimate of drug-likeness (QED) is 0.888. The molecule has 0 spiro atoms. The average Bonchev–Trinajstić information content (AvgIpc) is 3.26. The van der Waals surface area contributed by atoms with Gasteiger partial charge in [0.2, 0.25) is 5.91 Å². The van der Waals surface area contributed by atoms with Crippen LogP contribution in [0.25, 0.3) is 0 Å². The molecule has 4 heteroatoms. The van der Waals surface area contributed by atoms with Crippen molar-refractivity contribution in [3.63, 3.8) is 0 Å². The van der Waals surface area contributed by atoms with Crippen molar-refractivity contribution in [2.75, 3.05) is 5.32 Å². The first-order valence-corrected chi connectivity index (χ1v) is 7.43. The van der Waals surface area contributed by atoms with Gasteiger partial charge in [0.05, 0.1) is 0 Å². The van der Waals surface area contributed by atoms with Crippen LogP contribution in [0.15, 0.2) is 24.3 Å². The molecule has 2 atom stereocenters. The summed E-state index contributed by atoms with van der Waals surface area (Å²) >= 11 is 0. The van der Waals surface area contributed by atoms with Gasteiger partial charge >= 0.3 is 0 Å². The third-order valence-corrected chi connectivity index (χ3v) is 4.78. The van der Waals surface area contributed by atoms with E-state index in [9.17, 15) is 9.18 Å². The number of benzene rings is 1. The first-order chi connectivity index (χ1) is 9.59. The summed E-state index contributed by atoms with van der Waals surface area (Å²) in [5.74, 6) is 0.823. The van der Waals surface area contributed by atoms with Crippen LogP contribution in [0.5, 0.6) is 0 Å². The fourth-order valence-corrected chi connectivity index (χ4v) is 3.50. The van der Waals surface area contributed by atoms with Crippen LogP contribution >= 0.6 is 0 Å². The van der Waals surface area contributed by atoms with Crippen LogP contribution in [0.2, 0.25) is 0 Å². The van der Waals surface area contributed by atoms with E-state index >= 15 is 0 Å². The number of hydrogen-bond acceptors (Lipinski definition) is 2. The smallest absolute Gasteiger partial charge is 0.243 e. The highest BCUT2D eigenvalue weighted by molar-refractivity contribution is 5.88. The molecule has 2 unspecified atom stereocenters. The molecule has 2 fully saturated rings. The van der Waals surface area contributed by atoms with Gasteiger partial charge < -0.3 is 11.1 Å². The van der Waals surface area contributed by atoms with Crippen LogP contribution < -0.4 is 11.1 Å². The maximum absolute atomic E-state index is 13.0. The molecule has 0 saturated heterocycles. The van der Waals surface area contributed by atoms with Crippen LogP contribution in [0.1, 0.15) is 38.5 Å². The highest BCUT2D eigenvalue weighted by Crippen LogP contribution is 2.47. The number of primary amides is 1. The molecule has 1 aromatic carbocycles. The molecule has 0 aliphatic heterocycles. The number of carbonyl (C=O) groups is 1. The molecule has 1 amide bonds. The Hall–Kier alpha value is -1.58. The van der Waals surface area contributed by atoms with Crippen molar-refractivity contribution in [2.45, 2.75) is 44.1 Å². The molecule has 0 bridgehead atoms. The molecular formula is C16H21FN2O. The Morgan fingerprint density at radius 1 is 1.20 bits per heavy atom. The van der Waals surface area contributed by atoms with Crippen LogP contribution in [-0.2, 0) is 4.79 Å². The second-order valence-electron chi connectivity index (χ2n) is 6.27. The van der Waals surface area contributed by atoms with E-state index in [-0.39, 0.29) is 11.7 Å². The third kappa shape index (κ3) is 2.65. The van der Waals surface area contributed by atoms with Gasteiger partial charge in [0.25, 0.3) is 0 Å². The number of amides is 1. The van der Waals surface area contributed by atoms with Gasteiger partial charge in [-0.3, -0.25) is 4.79 Å². The topological polar surface area (TPSA) is 55.1 Å². The molecule has 20 heavy (non-hydrogen) atoms. The van der Waals surface area contributed by atoms with Gasteiger partial charge in [0, 0.05) is 5.69 Å². The predicted octanol–water partition coefficient (Wildman–Crippen LogP) is 3.06. The molecule has 3 rings (SSSR count). The summed E-state index contributed by atoms with van der Waals surface area (Å²) in [6.45, 7) is 0. The SMILES string of the molecule is NC(=O)C1(Nc2ccc(F)cc2)CCCC(C2CC2)C1. The zero-order valence-corrected chi connectivity index (χ0v) is 11.6. The number of hydrogen-bond donors (Lipinski definition) is 2. The number of nitrogens with one attached hydrogen (secondary N) is 1. The van der Waals surface area contributed by atoms with Crippen molar-refractivity contribution in [1.82, 2.24) is 0 Å². The van der Waals surface area contributed by atoms with Gasteiger partial charge in [0.15, 0.2) is 0 Å². The van der Waals surface area contributed by atoms with Gasteiger partial charge in [-0.2, -0.15) is 0 Å². The lowest BCUT2D eigenvalue weighted by atomic mass is 9.73. The maximum atomic E-state index is 13.0. The van der Waals surface area contributed by atoms with Crippen LogP contribution in [-0.4, -0.2) is 11.4 Å². The number of carbonyl (C=O) groups excluding carboxylic acids is 1. The zero-order valence-electron chi connectivity index (χ0n) is 11.6. The highest BCUT2D eigenvalue weighted by Gasteiger charge is 2.45. The van der Waals surface area contributed by atoms with E-state index in [1.54, 1.807) is 12.1 Å². The molecule has 1 aromatic rings. The monoisotopic (exact) mass is 276 g/mol. The van der Waals surface area contributed by atoms with Crippen molar-refractivity contribution >= 4 is 11.6 Å². The molecule has 2 aliphatic rings. The molecule has 0 aromatic heterocycles. The summed E-state index contributed by atoms with van der Waals surface area (Å²) in [4.78, 5) is 12.0. The van der Waals surface area contributed by atoms with Crippen molar-refractivity contribution in [1.29, 1.82) is 0 Å². The Balaban J connectivity index is 1.79. The first kappa shape index (κ1) is 13.4. The van der Waals surface area contributed by atoms with Gasteiger partial charge in [-0.15, -0.1) is 0 Å². The second kappa shape index (κ2) is 5.08. The summed E-state index contributed by atoms with van der Waals surface area (Å²) in [5.41, 5.74) is 5.79. The minimum atomic E-state index is -0.663. The van der Waals surface area contributed by atoms with Gasteiger partial charge in [-0.05, 0) is 68.2 Å². The third-order valence-electron chi connectivity index (χ3n) is 4.78. The maximum Gasteiger partial charge on any atom is 0.243 e. The summed E-state index contributed by atoms with van der Waals surface area (Å²) in [6.07, 6.45) is 6.38. The highest BCUT2D eigenvalue weighted by atomic mass is 19.1. The van der Waals surface area contributed by atoms with Crippen molar-refractivity contribution in [2.24, 2.45) is 17.6 Å². The van der Waals surface area contributed by atoms with E-state index in [1.165, 1.54) is 31.4 Å². The molecule has 2 saturated carbocycles. The van der Waals surface area contributed by atoms with E-state index in [0.29, 0.717) is 5.92 Å². The Bertz CT molecular complexity index is 498. The second-order valence-corrected chi connectivity index (χ2v) is 6.27. The Kier molecular flexibility index (Phi) is 3.40. The van der Waals surface area contributed by atoms with E-state index in [2.05, 4.69) is 5.32 Å². The lowest BCUT2D eigenvalue weighted by Gasteiger charge is -2.40. The number of nitrogens with two attached hydrogens (primary N) is 1. The minimum Gasteiger partial charge on any atom is -0.371 e. The summed E-state index contributed by atoms with van der Waals surface area (Å²) in [7, 11) is 0. The average molecular weight is 276 g/mol. The molecule has 3 N–H and O–H groups in total. The van der Waals surface area contributed by atoms with E-state index in [0.717, 1.165) is 30.9 Å². The van der Waals surface area contributed by atoms with Gasteiger partial charge in [0.1, 0.15) is 11.4 Å². The molecule has 108 valence electrons. The number of halogens is 1.